The van der Waals surface area contributed by atoms with Crippen molar-refractivity contribution in [2.75, 3.05) is 11.9 Å². The summed E-state index contributed by atoms with van der Waals surface area (Å²) in [5.74, 6) is 0.902. The first-order valence-electron chi connectivity index (χ1n) is 7.24. The largest absolute Gasteiger partial charge is 0.484 e. The highest BCUT2D eigenvalue weighted by atomic mass is 127. The number of nitrogens with one attached hydrogen (secondary N) is 1. The highest BCUT2D eigenvalue weighted by Gasteiger charge is 2.11. The van der Waals surface area contributed by atoms with Gasteiger partial charge in [-0.05, 0) is 71.3 Å². The molecule has 116 valence electrons. The second-order valence-electron chi connectivity index (χ2n) is 5.54. The van der Waals surface area contributed by atoms with Gasteiger partial charge in [0.1, 0.15) is 5.75 Å². The van der Waals surface area contributed by atoms with Crippen molar-refractivity contribution >= 4 is 34.2 Å². The van der Waals surface area contributed by atoms with Gasteiger partial charge in [-0.2, -0.15) is 0 Å². The molecule has 0 saturated heterocycles. The van der Waals surface area contributed by atoms with E-state index < -0.39 is 0 Å². The summed E-state index contributed by atoms with van der Waals surface area (Å²) in [5, 5.41) is 2.93. The van der Waals surface area contributed by atoms with E-state index in [2.05, 4.69) is 47.8 Å². The molecule has 22 heavy (non-hydrogen) atoms. The molecule has 2 aromatic rings. The molecule has 0 aliphatic rings. The van der Waals surface area contributed by atoms with Crippen molar-refractivity contribution in [1.29, 1.82) is 0 Å². The number of amides is 1. The lowest BCUT2D eigenvalue weighted by molar-refractivity contribution is -0.118. The van der Waals surface area contributed by atoms with Crippen LogP contribution in [0.15, 0.2) is 42.5 Å². The van der Waals surface area contributed by atoms with Gasteiger partial charge in [0.2, 0.25) is 0 Å². The van der Waals surface area contributed by atoms with E-state index in [1.54, 1.807) is 0 Å². The SMILES string of the molecule is Cc1ccc(OCC(=O)Nc2ccc(I)cc2C(C)C)cc1. The van der Waals surface area contributed by atoms with Gasteiger partial charge in [-0.25, -0.2) is 0 Å². The molecular formula is C18H20INO2. The molecule has 3 nitrogen and oxygen atoms in total. The number of hydrogen-bond acceptors (Lipinski definition) is 2. The molecule has 0 aliphatic carbocycles. The molecule has 0 saturated carbocycles. The molecule has 0 atom stereocenters. The molecule has 0 spiro atoms. The van der Waals surface area contributed by atoms with Gasteiger partial charge in [-0.1, -0.05) is 31.5 Å². The average Bonchev–Trinajstić information content (AvgIpc) is 2.48. The standard InChI is InChI=1S/C18H20INO2/c1-12(2)16-10-14(19)6-9-17(16)20-18(21)11-22-15-7-4-13(3)5-8-15/h4-10,12H,11H2,1-3H3,(H,20,21). The summed E-state index contributed by atoms with van der Waals surface area (Å²) < 4.78 is 6.67. The predicted molar refractivity (Wildman–Crippen MR) is 98.6 cm³/mol. The third-order valence-electron chi connectivity index (χ3n) is 3.30. The van der Waals surface area contributed by atoms with Crippen LogP contribution in [0, 0.1) is 10.5 Å². The van der Waals surface area contributed by atoms with Crippen molar-refractivity contribution in [1.82, 2.24) is 0 Å². The highest BCUT2D eigenvalue weighted by Crippen LogP contribution is 2.26. The minimum atomic E-state index is -0.149. The minimum absolute atomic E-state index is 0.00653. The Morgan fingerprint density at radius 1 is 1.18 bits per heavy atom. The molecule has 0 heterocycles. The van der Waals surface area contributed by atoms with Crippen molar-refractivity contribution in [2.45, 2.75) is 26.7 Å². The Morgan fingerprint density at radius 3 is 2.50 bits per heavy atom. The van der Waals surface area contributed by atoms with E-state index in [1.807, 2.05) is 43.3 Å². The third kappa shape index (κ3) is 4.73. The summed E-state index contributed by atoms with van der Waals surface area (Å²) in [6.07, 6.45) is 0. The van der Waals surface area contributed by atoms with Crippen LogP contribution in [0.25, 0.3) is 0 Å². The Labute approximate surface area is 145 Å². The Balaban J connectivity index is 1.99. The van der Waals surface area contributed by atoms with Crippen LogP contribution in [0.5, 0.6) is 5.75 Å². The number of halogens is 1. The molecule has 0 unspecified atom stereocenters. The zero-order valence-corrected chi connectivity index (χ0v) is 15.2. The van der Waals surface area contributed by atoms with Crippen molar-refractivity contribution < 1.29 is 9.53 Å². The van der Waals surface area contributed by atoms with Crippen LogP contribution >= 0.6 is 22.6 Å². The van der Waals surface area contributed by atoms with Gasteiger partial charge >= 0.3 is 0 Å². The van der Waals surface area contributed by atoms with Crippen LogP contribution in [-0.4, -0.2) is 12.5 Å². The Bertz CT molecular complexity index is 651. The van der Waals surface area contributed by atoms with E-state index >= 15 is 0 Å². The van der Waals surface area contributed by atoms with E-state index in [0.717, 1.165) is 20.4 Å². The Kier molecular flexibility index (Phi) is 5.83. The average molecular weight is 409 g/mol. The summed E-state index contributed by atoms with van der Waals surface area (Å²) in [6, 6.07) is 13.7. The lowest BCUT2D eigenvalue weighted by Gasteiger charge is -2.14. The lowest BCUT2D eigenvalue weighted by atomic mass is 10.0. The molecule has 2 rings (SSSR count). The molecule has 0 aliphatic heterocycles. The number of anilines is 1. The monoisotopic (exact) mass is 409 g/mol. The van der Waals surface area contributed by atoms with Crippen LogP contribution in [0.1, 0.15) is 30.9 Å². The van der Waals surface area contributed by atoms with Crippen LogP contribution in [0.2, 0.25) is 0 Å². The van der Waals surface area contributed by atoms with Gasteiger partial charge in [0.05, 0.1) is 0 Å². The molecule has 4 heteroatoms. The number of ether oxygens (including phenoxy) is 1. The molecule has 0 aromatic heterocycles. The van der Waals surface area contributed by atoms with Crippen molar-refractivity contribution in [3.63, 3.8) is 0 Å². The predicted octanol–water partition coefficient (Wildman–Crippen LogP) is 4.74. The van der Waals surface area contributed by atoms with E-state index in [1.165, 1.54) is 0 Å². The highest BCUT2D eigenvalue weighted by molar-refractivity contribution is 14.1. The third-order valence-corrected chi connectivity index (χ3v) is 3.97. The summed E-state index contributed by atoms with van der Waals surface area (Å²) in [5.41, 5.74) is 3.15. The first-order valence-corrected chi connectivity index (χ1v) is 8.32. The zero-order chi connectivity index (χ0) is 16.1. The summed E-state index contributed by atoms with van der Waals surface area (Å²) in [6.45, 7) is 6.25. The minimum Gasteiger partial charge on any atom is -0.484 e. The maximum atomic E-state index is 12.1. The zero-order valence-electron chi connectivity index (χ0n) is 13.0. The fourth-order valence-corrected chi connectivity index (χ4v) is 2.61. The second-order valence-corrected chi connectivity index (χ2v) is 6.78. The van der Waals surface area contributed by atoms with Gasteiger partial charge in [-0.3, -0.25) is 4.79 Å². The maximum absolute atomic E-state index is 12.1. The van der Waals surface area contributed by atoms with Gasteiger partial charge in [0, 0.05) is 9.26 Å². The number of benzene rings is 2. The molecule has 1 N–H and O–H groups in total. The van der Waals surface area contributed by atoms with Crippen LogP contribution in [0.3, 0.4) is 0 Å². The van der Waals surface area contributed by atoms with Gasteiger partial charge in [0.25, 0.3) is 5.91 Å². The lowest BCUT2D eigenvalue weighted by Crippen LogP contribution is -2.21. The van der Waals surface area contributed by atoms with Crippen molar-refractivity contribution in [3.8, 4) is 5.75 Å². The van der Waals surface area contributed by atoms with Crippen molar-refractivity contribution in [2.24, 2.45) is 0 Å². The molecule has 2 aromatic carbocycles. The quantitative estimate of drug-likeness (QED) is 0.725. The molecule has 0 fully saturated rings. The van der Waals surface area contributed by atoms with E-state index in [4.69, 9.17) is 4.74 Å². The molecule has 1 amide bonds. The Morgan fingerprint density at radius 2 is 1.86 bits per heavy atom. The van der Waals surface area contributed by atoms with Crippen molar-refractivity contribution in [3.05, 3.63) is 57.2 Å². The first kappa shape index (κ1) is 16.8. The summed E-state index contributed by atoms with van der Waals surface area (Å²) in [4.78, 5) is 12.1. The fraction of sp³-hybridized carbons (Fsp3) is 0.278. The van der Waals surface area contributed by atoms with Gasteiger partial charge in [0.15, 0.2) is 6.61 Å². The molecule has 0 bridgehead atoms. The second kappa shape index (κ2) is 7.63. The summed E-state index contributed by atoms with van der Waals surface area (Å²) in [7, 11) is 0. The van der Waals surface area contributed by atoms with Crippen LogP contribution in [-0.2, 0) is 4.79 Å². The number of aryl methyl sites for hydroxylation is 1. The van der Waals surface area contributed by atoms with E-state index in [-0.39, 0.29) is 12.5 Å². The van der Waals surface area contributed by atoms with Crippen LogP contribution in [0.4, 0.5) is 5.69 Å². The number of rotatable bonds is 5. The maximum Gasteiger partial charge on any atom is 0.262 e. The Hall–Kier alpha value is -1.56. The topological polar surface area (TPSA) is 38.3 Å². The number of carbonyl (C=O) groups is 1. The number of carbonyl (C=O) groups excluding carboxylic acids is 1. The number of hydrogen-bond donors (Lipinski definition) is 1. The van der Waals surface area contributed by atoms with Gasteiger partial charge in [-0.15, -0.1) is 0 Å². The summed E-state index contributed by atoms with van der Waals surface area (Å²) >= 11 is 2.28. The molecule has 0 radical (unpaired) electrons. The fourth-order valence-electron chi connectivity index (χ4n) is 2.09. The smallest absolute Gasteiger partial charge is 0.262 e. The molecular weight excluding hydrogens is 389 g/mol. The van der Waals surface area contributed by atoms with Gasteiger partial charge < -0.3 is 10.1 Å². The normalized spacial score (nSPS) is 10.6. The van der Waals surface area contributed by atoms with E-state index in [9.17, 15) is 4.79 Å². The first-order chi connectivity index (χ1) is 10.5. The van der Waals surface area contributed by atoms with Crippen LogP contribution < -0.4 is 10.1 Å². The van der Waals surface area contributed by atoms with E-state index in [0.29, 0.717) is 11.7 Å².